The molecule has 6 rings (SSSR count). The fraction of sp³-hybridized carbons (Fsp3) is 0.600. The smallest absolute Gasteiger partial charge is 0.134 e. The first-order valence-electron chi connectivity index (χ1n) is 11.1. The molecule has 0 amide bonds. The molecule has 1 aromatic heterocycles. The minimum Gasteiger partial charge on any atom is -0.460 e. The van der Waals surface area contributed by atoms with Crippen molar-refractivity contribution in [2.24, 2.45) is 23.2 Å². The fourth-order valence-corrected chi connectivity index (χ4v) is 6.73. The SMILES string of the molecule is C[C@H](NCc1ccc(-c2ccc([C@@H](C)O)cc2)o1)C12CC3CC(CC(C3)C1)C2. The largest absolute Gasteiger partial charge is 0.460 e. The van der Waals surface area contributed by atoms with Gasteiger partial charge in [0.15, 0.2) is 0 Å². The number of rotatable bonds is 6. The lowest BCUT2D eigenvalue weighted by atomic mass is 9.48. The van der Waals surface area contributed by atoms with E-state index >= 15 is 0 Å². The minimum absolute atomic E-state index is 0.434. The zero-order chi connectivity index (χ0) is 19.3. The van der Waals surface area contributed by atoms with Crippen molar-refractivity contribution in [3.05, 3.63) is 47.7 Å². The van der Waals surface area contributed by atoms with Crippen LogP contribution >= 0.6 is 0 Å². The van der Waals surface area contributed by atoms with E-state index in [1.165, 1.54) is 38.5 Å². The summed E-state index contributed by atoms with van der Waals surface area (Å²) in [6, 6.07) is 12.7. The normalized spacial score (nSPS) is 33.2. The zero-order valence-corrected chi connectivity index (χ0v) is 17.2. The summed E-state index contributed by atoms with van der Waals surface area (Å²) in [6.07, 6.45) is 8.38. The molecule has 0 radical (unpaired) electrons. The van der Waals surface area contributed by atoms with Crippen LogP contribution in [0.5, 0.6) is 0 Å². The average Bonchev–Trinajstić information content (AvgIpc) is 3.14. The lowest BCUT2D eigenvalue weighted by Crippen LogP contribution is -2.54. The van der Waals surface area contributed by atoms with Gasteiger partial charge in [-0.1, -0.05) is 24.3 Å². The predicted octanol–water partition coefficient (Wildman–Crippen LogP) is 5.69. The van der Waals surface area contributed by atoms with E-state index in [-0.39, 0.29) is 0 Å². The Kier molecular flexibility index (Phi) is 4.64. The summed E-state index contributed by atoms with van der Waals surface area (Å²) in [7, 11) is 0. The Morgan fingerprint density at radius 1 is 0.964 bits per heavy atom. The quantitative estimate of drug-likeness (QED) is 0.677. The van der Waals surface area contributed by atoms with Gasteiger partial charge in [0.05, 0.1) is 12.6 Å². The second kappa shape index (κ2) is 7.03. The van der Waals surface area contributed by atoms with E-state index < -0.39 is 6.10 Å². The Labute approximate surface area is 168 Å². The van der Waals surface area contributed by atoms with Crippen molar-refractivity contribution in [2.45, 2.75) is 71.1 Å². The van der Waals surface area contributed by atoms with Gasteiger partial charge in [0.25, 0.3) is 0 Å². The first kappa shape index (κ1) is 18.4. The molecule has 4 saturated carbocycles. The van der Waals surface area contributed by atoms with E-state index in [0.29, 0.717) is 11.5 Å². The maximum absolute atomic E-state index is 9.67. The molecule has 0 unspecified atom stereocenters. The molecular weight excluding hydrogens is 346 g/mol. The molecule has 0 saturated heterocycles. The van der Waals surface area contributed by atoms with Gasteiger partial charge < -0.3 is 14.8 Å². The van der Waals surface area contributed by atoms with Gasteiger partial charge in [0.1, 0.15) is 11.5 Å². The molecule has 4 aliphatic carbocycles. The second-order valence-electron chi connectivity index (χ2n) is 9.95. The molecular formula is C25H33NO2. The molecule has 1 aromatic carbocycles. The van der Waals surface area contributed by atoms with E-state index in [9.17, 15) is 5.11 Å². The molecule has 4 aliphatic rings. The molecule has 150 valence electrons. The van der Waals surface area contributed by atoms with Crippen molar-refractivity contribution in [1.29, 1.82) is 0 Å². The summed E-state index contributed by atoms with van der Waals surface area (Å²) in [4.78, 5) is 0. The Hall–Kier alpha value is -1.58. The number of aliphatic hydroxyl groups excluding tert-OH is 1. The van der Waals surface area contributed by atoms with Crippen LogP contribution in [0.2, 0.25) is 0 Å². The Morgan fingerprint density at radius 3 is 2.14 bits per heavy atom. The van der Waals surface area contributed by atoms with Gasteiger partial charge in [-0.2, -0.15) is 0 Å². The topological polar surface area (TPSA) is 45.4 Å². The van der Waals surface area contributed by atoms with Gasteiger partial charge in [-0.05, 0) is 93.2 Å². The summed E-state index contributed by atoms with van der Waals surface area (Å²) >= 11 is 0. The van der Waals surface area contributed by atoms with E-state index in [1.54, 1.807) is 6.92 Å². The standard InChI is InChI=1S/C25H33NO2/c1-16(27)21-3-5-22(6-4-21)24-8-7-23(28-24)15-26-17(2)25-12-18-9-19(13-25)11-20(10-18)14-25/h3-8,16-20,26-27H,9-15H2,1-2H3/t16-,17+,18?,19?,20?,25?/m1/s1. The van der Waals surface area contributed by atoms with E-state index in [1.807, 2.05) is 24.3 Å². The van der Waals surface area contributed by atoms with Gasteiger partial charge in [-0.3, -0.25) is 0 Å². The highest BCUT2D eigenvalue weighted by Crippen LogP contribution is 2.61. The van der Waals surface area contributed by atoms with Gasteiger partial charge in [-0.25, -0.2) is 0 Å². The summed E-state index contributed by atoms with van der Waals surface area (Å²) in [5, 5.41) is 13.5. The van der Waals surface area contributed by atoms with Crippen LogP contribution in [0.4, 0.5) is 0 Å². The average molecular weight is 380 g/mol. The summed E-state index contributed by atoms with van der Waals surface area (Å²) in [6.45, 7) is 5.00. The highest BCUT2D eigenvalue weighted by atomic mass is 16.3. The third-order valence-electron chi connectivity index (χ3n) is 7.93. The molecule has 3 nitrogen and oxygen atoms in total. The molecule has 1 heterocycles. The van der Waals surface area contributed by atoms with Gasteiger partial charge in [0, 0.05) is 11.6 Å². The molecule has 0 aliphatic heterocycles. The monoisotopic (exact) mass is 379 g/mol. The Bertz CT molecular complexity index is 784. The van der Waals surface area contributed by atoms with Crippen LogP contribution in [0.3, 0.4) is 0 Å². The minimum atomic E-state index is -0.434. The van der Waals surface area contributed by atoms with Crippen molar-refractivity contribution in [2.75, 3.05) is 0 Å². The number of aliphatic hydroxyl groups is 1. The van der Waals surface area contributed by atoms with Crippen LogP contribution < -0.4 is 5.32 Å². The van der Waals surface area contributed by atoms with Crippen LogP contribution in [-0.2, 0) is 6.54 Å². The highest BCUT2D eigenvalue weighted by molar-refractivity contribution is 5.58. The molecule has 2 aromatic rings. The summed E-state index contributed by atoms with van der Waals surface area (Å²) in [5.74, 6) is 4.89. The summed E-state index contributed by atoms with van der Waals surface area (Å²) < 4.78 is 6.11. The molecule has 4 bridgehead atoms. The van der Waals surface area contributed by atoms with Crippen LogP contribution in [0.25, 0.3) is 11.3 Å². The number of hydrogen-bond acceptors (Lipinski definition) is 3. The van der Waals surface area contributed by atoms with E-state index in [4.69, 9.17) is 4.42 Å². The van der Waals surface area contributed by atoms with Crippen molar-refractivity contribution in [1.82, 2.24) is 5.32 Å². The first-order valence-corrected chi connectivity index (χ1v) is 11.1. The fourth-order valence-electron chi connectivity index (χ4n) is 6.73. The number of hydrogen-bond donors (Lipinski definition) is 2. The van der Waals surface area contributed by atoms with Crippen LogP contribution in [0, 0.1) is 23.2 Å². The van der Waals surface area contributed by atoms with E-state index in [2.05, 4.69) is 24.4 Å². The summed E-state index contributed by atoms with van der Waals surface area (Å²) in [5.41, 5.74) is 2.52. The van der Waals surface area contributed by atoms with Crippen molar-refractivity contribution in [3.63, 3.8) is 0 Å². The third-order valence-corrected chi connectivity index (χ3v) is 7.93. The molecule has 3 heteroatoms. The Balaban J connectivity index is 1.23. The number of benzene rings is 1. The molecule has 2 atom stereocenters. The lowest BCUT2D eigenvalue weighted by Gasteiger charge is -2.59. The van der Waals surface area contributed by atoms with Crippen LogP contribution in [0.1, 0.15) is 69.8 Å². The van der Waals surface area contributed by atoms with Gasteiger partial charge >= 0.3 is 0 Å². The van der Waals surface area contributed by atoms with Gasteiger partial charge in [0.2, 0.25) is 0 Å². The highest BCUT2D eigenvalue weighted by Gasteiger charge is 2.52. The number of nitrogens with one attached hydrogen (secondary N) is 1. The first-order chi connectivity index (χ1) is 13.5. The third kappa shape index (κ3) is 3.33. The van der Waals surface area contributed by atoms with E-state index in [0.717, 1.165) is 46.9 Å². The zero-order valence-electron chi connectivity index (χ0n) is 17.2. The maximum Gasteiger partial charge on any atom is 0.134 e. The van der Waals surface area contributed by atoms with Crippen molar-refractivity contribution in [3.8, 4) is 11.3 Å². The number of furan rings is 1. The van der Waals surface area contributed by atoms with Crippen LogP contribution in [0.15, 0.2) is 40.8 Å². The molecule has 4 fully saturated rings. The molecule has 0 spiro atoms. The lowest BCUT2D eigenvalue weighted by molar-refractivity contribution is -0.0708. The van der Waals surface area contributed by atoms with Crippen LogP contribution in [-0.4, -0.2) is 11.1 Å². The van der Waals surface area contributed by atoms with Gasteiger partial charge in [-0.15, -0.1) is 0 Å². The Morgan fingerprint density at radius 2 is 1.57 bits per heavy atom. The van der Waals surface area contributed by atoms with Crippen molar-refractivity contribution >= 4 is 0 Å². The molecule has 28 heavy (non-hydrogen) atoms. The maximum atomic E-state index is 9.67. The molecule has 2 N–H and O–H groups in total. The second-order valence-corrected chi connectivity index (χ2v) is 9.95. The predicted molar refractivity (Wildman–Crippen MR) is 112 cm³/mol. The van der Waals surface area contributed by atoms with Crippen molar-refractivity contribution < 1.29 is 9.52 Å².